The fourth-order valence-corrected chi connectivity index (χ4v) is 6.06. The normalized spacial score (nSPS) is 13.9. The summed E-state index contributed by atoms with van der Waals surface area (Å²) in [6, 6.07) is 15.1. The van der Waals surface area contributed by atoms with Crippen molar-refractivity contribution in [3.8, 4) is 23.5 Å². The highest BCUT2D eigenvalue weighted by atomic mass is 32.1. The van der Waals surface area contributed by atoms with Gasteiger partial charge in [-0.05, 0) is 55.8 Å². The van der Waals surface area contributed by atoms with Gasteiger partial charge in [-0.1, -0.05) is 54.6 Å². The number of thiophene rings is 1. The van der Waals surface area contributed by atoms with Crippen molar-refractivity contribution >= 4 is 50.3 Å². The van der Waals surface area contributed by atoms with E-state index in [0.29, 0.717) is 10.7 Å². The summed E-state index contributed by atoms with van der Waals surface area (Å²) in [5.74, 6) is 1.56. The number of nitrogens with one attached hydrogen (secondary N) is 1. The average Bonchev–Trinajstić information content (AvgIpc) is 3.67. The molecule has 4 aromatic rings. The third-order valence-corrected chi connectivity index (χ3v) is 7.86. The van der Waals surface area contributed by atoms with Gasteiger partial charge in [0.15, 0.2) is 5.01 Å². The standard InChI is InChI=1S/C31H27N3O2S2/c1-5-27-32-24(19-38-27)30(36)34(28(20-11-6-7-12-20)29(35)33-31(2,3)4)25-15-9-8-13-22(25)21-14-10-16-26-23(21)17-18-37-26/h1,6-20,28H,2-4H3,(H,33,35). The molecule has 2 aromatic carbocycles. The van der Waals surface area contributed by atoms with Crippen LogP contribution in [0.25, 0.3) is 21.2 Å². The van der Waals surface area contributed by atoms with Crippen molar-refractivity contribution < 1.29 is 9.59 Å². The van der Waals surface area contributed by atoms with Crippen LogP contribution in [-0.4, -0.2) is 28.4 Å². The number of hydrogen-bond acceptors (Lipinski definition) is 5. The molecule has 2 heterocycles. The van der Waals surface area contributed by atoms with E-state index in [1.54, 1.807) is 21.6 Å². The summed E-state index contributed by atoms with van der Waals surface area (Å²) in [6.45, 7) is 5.79. The maximum Gasteiger partial charge on any atom is 0.278 e. The third-order valence-electron chi connectivity index (χ3n) is 6.20. The van der Waals surface area contributed by atoms with Crippen LogP contribution in [-0.2, 0) is 4.79 Å². The molecule has 5 rings (SSSR count). The van der Waals surface area contributed by atoms with Gasteiger partial charge >= 0.3 is 0 Å². The molecule has 0 saturated carbocycles. The summed E-state index contributed by atoms with van der Waals surface area (Å²) >= 11 is 2.90. The Morgan fingerprint density at radius 3 is 2.47 bits per heavy atom. The number of anilines is 1. The molecule has 0 aliphatic heterocycles. The van der Waals surface area contributed by atoms with E-state index in [1.165, 1.54) is 11.3 Å². The van der Waals surface area contributed by atoms with E-state index in [0.717, 1.165) is 21.2 Å². The second-order valence-electron chi connectivity index (χ2n) is 10.0. The molecular weight excluding hydrogens is 510 g/mol. The lowest BCUT2D eigenvalue weighted by Gasteiger charge is -2.36. The van der Waals surface area contributed by atoms with Gasteiger partial charge < -0.3 is 5.32 Å². The van der Waals surface area contributed by atoms with Gasteiger partial charge in [0.2, 0.25) is 5.91 Å². The summed E-state index contributed by atoms with van der Waals surface area (Å²) in [4.78, 5) is 34.3. The number of thiazole rings is 1. The molecule has 1 aliphatic carbocycles. The summed E-state index contributed by atoms with van der Waals surface area (Å²) in [6.07, 6.45) is 13.3. The number of benzene rings is 2. The number of para-hydroxylation sites is 1. The van der Waals surface area contributed by atoms with Crippen LogP contribution >= 0.6 is 22.7 Å². The number of carbonyl (C=O) groups excluding carboxylic acids is 2. The largest absolute Gasteiger partial charge is 0.350 e. The SMILES string of the molecule is C#Cc1nc(C(=O)N(c2ccccc2-c2cccc3sccc23)C(C(=O)NC(C)(C)C)C2C=CC=C2)cs1. The fraction of sp³-hybridized carbons (Fsp3) is 0.194. The van der Waals surface area contributed by atoms with E-state index in [4.69, 9.17) is 6.42 Å². The molecule has 0 spiro atoms. The van der Waals surface area contributed by atoms with E-state index in [9.17, 15) is 9.59 Å². The third kappa shape index (κ3) is 5.06. The predicted octanol–water partition coefficient (Wildman–Crippen LogP) is 6.68. The molecule has 1 unspecified atom stereocenters. The molecule has 1 aliphatic rings. The summed E-state index contributed by atoms with van der Waals surface area (Å²) in [5, 5.41) is 8.33. The number of nitrogens with zero attached hydrogens (tertiary/aromatic N) is 2. The highest BCUT2D eigenvalue weighted by molar-refractivity contribution is 7.17. The number of rotatable bonds is 6. The highest BCUT2D eigenvalue weighted by Crippen LogP contribution is 2.39. The van der Waals surface area contributed by atoms with Gasteiger partial charge in [0, 0.05) is 32.5 Å². The average molecular weight is 538 g/mol. The Kier molecular flexibility index (Phi) is 7.02. The zero-order chi connectivity index (χ0) is 26.9. The quantitative estimate of drug-likeness (QED) is 0.279. The van der Waals surface area contributed by atoms with Gasteiger partial charge in [0.25, 0.3) is 5.91 Å². The van der Waals surface area contributed by atoms with Crippen molar-refractivity contribution in [2.75, 3.05) is 4.90 Å². The Labute approximate surface area is 230 Å². The van der Waals surface area contributed by atoms with Crippen molar-refractivity contribution in [3.05, 3.63) is 94.3 Å². The monoisotopic (exact) mass is 537 g/mol. The molecule has 1 N–H and O–H groups in total. The summed E-state index contributed by atoms with van der Waals surface area (Å²) in [7, 11) is 0. The van der Waals surface area contributed by atoms with Gasteiger partial charge in [0.1, 0.15) is 11.7 Å². The lowest BCUT2D eigenvalue weighted by Crippen LogP contribution is -2.56. The minimum Gasteiger partial charge on any atom is -0.350 e. The first-order chi connectivity index (χ1) is 18.3. The first-order valence-corrected chi connectivity index (χ1v) is 14.0. The number of allylic oxidation sites excluding steroid dienone is 2. The molecule has 7 heteroatoms. The van der Waals surface area contributed by atoms with Crippen LogP contribution in [0.4, 0.5) is 5.69 Å². The highest BCUT2D eigenvalue weighted by Gasteiger charge is 2.39. The number of aromatic nitrogens is 1. The van der Waals surface area contributed by atoms with E-state index >= 15 is 0 Å². The molecule has 1 atom stereocenters. The molecule has 0 fully saturated rings. The Hall–Kier alpha value is -3.99. The zero-order valence-corrected chi connectivity index (χ0v) is 23.0. The topological polar surface area (TPSA) is 62.3 Å². The van der Waals surface area contributed by atoms with Crippen LogP contribution < -0.4 is 10.2 Å². The van der Waals surface area contributed by atoms with Crippen molar-refractivity contribution in [1.82, 2.24) is 10.3 Å². The van der Waals surface area contributed by atoms with Crippen LogP contribution in [0.2, 0.25) is 0 Å². The zero-order valence-electron chi connectivity index (χ0n) is 21.3. The number of hydrogen-bond donors (Lipinski definition) is 1. The maximum atomic E-state index is 14.3. The first kappa shape index (κ1) is 25.7. The van der Waals surface area contributed by atoms with E-state index < -0.39 is 11.6 Å². The number of fused-ring (bicyclic) bond motifs is 1. The van der Waals surface area contributed by atoms with Crippen LogP contribution in [0.15, 0.2) is 83.6 Å². The molecule has 190 valence electrons. The minimum atomic E-state index is -0.851. The molecule has 0 saturated heterocycles. The molecule has 2 amide bonds. The molecule has 38 heavy (non-hydrogen) atoms. The van der Waals surface area contributed by atoms with Gasteiger partial charge in [-0.25, -0.2) is 4.98 Å². The Morgan fingerprint density at radius 1 is 1.03 bits per heavy atom. The Balaban J connectivity index is 1.73. The van der Waals surface area contributed by atoms with Gasteiger partial charge in [0.05, 0.1) is 5.69 Å². The lowest BCUT2D eigenvalue weighted by molar-refractivity contribution is -0.124. The number of carbonyl (C=O) groups is 2. The fourth-order valence-electron chi connectivity index (χ4n) is 4.65. The van der Waals surface area contributed by atoms with Crippen LogP contribution in [0.5, 0.6) is 0 Å². The Morgan fingerprint density at radius 2 is 1.76 bits per heavy atom. The van der Waals surface area contributed by atoms with E-state index in [-0.39, 0.29) is 23.4 Å². The minimum absolute atomic E-state index is 0.214. The predicted molar refractivity (Wildman–Crippen MR) is 158 cm³/mol. The maximum absolute atomic E-state index is 14.3. The Bertz CT molecular complexity index is 1600. The molecule has 0 bridgehead atoms. The van der Waals surface area contributed by atoms with Crippen LogP contribution in [0, 0.1) is 18.3 Å². The first-order valence-electron chi connectivity index (χ1n) is 12.2. The van der Waals surface area contributed by atoms with Crippen molar-refractivity contribution in [2.24, 2.45) is 5.92 Å². The smallest absolute Gasteiger partial charge is 0.278 e. The second-order valence-corrected chi connectivity index (χ2v) is 11.8. The second kappa shape index (κ2) is 10.4. The lowest BCUT2D eigenvalue weighted by atomic mass is 9.93. The summed E-state index contributed by atoms with van der Waals surface area (Å²) in [5.41, 5.74) is 2.21. The molecule has 5 nitrogen and oxygen atoms in total. The molecular formula is C31H27N3O2S2. The van der Waals surface area contributed by atoms with Crippen molar-refractivity contribution in [2.45, 2.75) is 32.4 Å². The van der Waals surface area contributed by atoms with Crippen LogP contribution in [0.3, 0.4) is 0 Å². The molecule has 2 aromatic heterocycles. The van der Waals surface area contributed by atoms with Gasteiger partial charge in [-0.15, -0.1) is 29.1 Å². The number of amides is 2. The van der Waals surface area contributed by atoms with Crippen LogP contribution in [0.1, 0.15) is 36.3 Å². The van der Waals surface area contributed by atoms with Crippen molar-refractivity contribution in [3.63, 3.8) is 0 Å². The van der Waals surface area contributed by atoms with Gasteiger partial charge in [-0.3, -0.25) is 14.5 Å². The van der Waals surface area contributed by atoms with Crippen molar-refractivity contribution in [1.29, 1.82) is 0 Å². The summed E-state index contributed by atoms with van der Waals surface area (Å²) < 4.78 is 1.15. The molecule has 0 radical (unpaired) electrons. The van der Waals surface area contributed by atoms with Gasteiger partial charge in [-0.2, -0.15) is 0 Å². The van der Waals surface area contributed by atoms with E-state index in [2.05, 4.69) is 39.8 Å². The number of terminal acetylenes is 1. The van der Waals surface area contributed by atoms with E-state index in [1.807, 2.05) is 75.4 Å².